The highest BCUT2D eigenvalue weighted by atomic mass is 32.1. The number of carbonyl (C=O) groups is 1. The SMILES string of the molecule is CC(NC(=O)COC(C)(C)C)C(N)=S. The molecule has 0 aromatic heterocycles. The van der Waals surface area contributed by atoms with Crippen LogP contribution in [0, 0.1) is 0 Å². The predicted octanol–water partition coefficient (Wildman–Crippen LogP) is 0.592. The average molecular weight is 218 g/mol. The van der Waals surface area contributed by atoms with Crippen LogP contribution < -0.4 is 11.1 Å². The molecule has 0 fully saturated rings. The normalized spacial score (nSPS) is 13.4. The van der Waals surface area contributed by atoms with Gasteiger partial charge in [0.15, 0.2) is 0 Å². The first-order chi connectivity index (χ1) is 6.22. The van der Waals surface area contributed by atoms with Crippen molar-refractivity contribution in [3.8, 4) is 0 Å². The first-order valence-corrected chi connectivity index (χ1v) is 4.86. The fourth-order valence-corrected chi connectivity index (χ4v) is 0.695. The minimum atomic E-state index is -0.316. The van der Waals surface area contributed by atoms with Gasteiger partial charge >= 0.3 is 0 Å². The van der Waals surface area contributed by atoms with E-state index < -0.39 is 0 Å². The fourth-order valence-electron chi connectivity index (χ4n) is 0.636. The summed E-state index contributed by atoms with van der Waals surface area (Å²) >= 11 is 4.72. The lowest BCUT2D eigenvalue weighted by Crippen LogP contribution is -2.43. The highest BCUT2D eigenvalue weighted by Crippen LogP contribution is 2.05. The van der Waals surface area contributed by atoms with E-state index >= 15 is 0 Å². The molecule has 0 saturated carbocycles. The maximum absolute atomic E-state index is 11.3. The van der Waals surface area contributed by atoms with Gasteiger partial charge in [-0.1, -0.05) is 12.2 Å². The minimum absolute atomic E-state index is 0.0243. The van der Waals surface area contributed by atoms with Crippen LogP contribution in [0.25, 0.3) is 0 Å². The van der Waals surface area contributed by atoms with E-state index in [0.29, 0.717) is 0 Å². The Labute approximate surface area is 90.2 Å². The van der Waals surface area contributed by atoms with Crippen LogP contribution in [0.15, 0.2) is 0 Å². The summed E-state index contributed by atoms with van der Waals surface area (Å²) in [5, 5.41) is 2.62. The van der Waals surface area contributed by atoms with E-state index in [9.17, 15) is 4.79 Å². The molecule has 0 spiro atoms. The van der Waals surface area contributed by atoms with E-state index in [4.69, 9.17) is 22.7 Å². The first-order valence-electron chi connectivity index (χ1n) is 4.45. The molecule has 82 valence electrons. The minimum Gasteiger partial charge on any atom is -0.392 e. The van der Waals surface area contributed by atoms with Crippen LogP contribution in [0.5, 0.6) is 0 Å². The summed E-state index contributed by atoms with van der Waals surface area (Å²) in [4.78, 5) is 11.5. The monoisotopic (exact) mass is 218 g/mol. The molecular weight excluding hydrogens is 200 g/mol. The van der Waals surface area contributed by atoms with Crippen LogP contribution >= 0.6 is 12.2 Å². The van der Waals surface area contributed by atoms with E-state index in [1.807, 2.05) is 20.8 Å². The van der Waals surface area contributed by atoms with E-state index in [1.165, 1.54) is 0 Å². The second-order valence-electron chi connectivity index (χ2n) is 4.09. The van der Waals surface area contributed by atoms with Gasteiger partial charge in [-0.2, -0.15) is 0 Å². The molecule has 0 aromatic rings. The Bertz CT molecular complexity index is 223. The summed E-state index contributed by atoms with van der Waals surface area (Å²) in [6.07, 6.45) is 0. The zero-order chi connectivity index (χ0) is 11.4. The third kappa shape index (κ3) is 6.80. The topological polar surface area (TPSA) is 64.3 Å². The van der Waals surface area contributed by atoms with Crippen LogP contribution in [0.4, 0.5) is 0 Å². The van der Waals surface area contributed by atoms with Crippen molar-refractivity contribution in [1.82, 2.24) is 5.32 Å². The quantitative estimate of drug-likeness (QED) is 0.678. The fraction of sp³-hybridized carbons (Fsp3) is 0.778. The number of hydrogen-bond donors (Lipinski definition) is 2. The summed E-state index contributed by atoms with van der Waals surface area (Å²) in [7, 11) is 0. The molecule has 0 rings (SSSR count). The standard InChI is InChI=1S/C9H18N2O2S/c1-6(8(10)14)11-7(12)5-13-9(2,3)4/h6H,5H2,1-4H3,(H2,10,14)(H,11,12). The van der Waals surface area contributed by atoms with E-state index in [0.717, 1.165) is 0 Å². The van der Waals surface area contributed by atoms with Gasteiger partial charge in [0.2, 0.25) is 5.91 Å². The molecule has 0 heterocycles. The lowest BCUT2D eigenvalue weighted by molar-refractivity contribution is -0.130. The lowest BCUT2D eigenvalue weighted by atomic mass is 10.2. The van der Waals surface area contributed by atoms with Crippen molar-refractivity contribution in [2.45, 2.75) is 39.3 Å². The number of ether oxygens (including phenoxy) is 1. The van der Waals surface area contributed by atoms with Crippen LogP contribution in [-0.2, 0) is 9.53 Å². The second-order valence-corrected chi connectivity index (χ2v) is 4.56. The molecule has 0 aliphatic carbocycles. The van der Waals surface area contributed by atoms with Gasteiger partial charge in [-0.3, -0.25) is 4.79 Å². The van der Waals surface area contributed by atoms with Crippen molar-refractivity contribution in [3.63, 3.8) is 0 Å². The Morgan fingerprint density at radius 3 is 2.43 bits per heavy atom. The number of thiocarbonyl (C=S) groups is 1. The highest BCUT2D eigenvalue weighted by molar-refractivity contribution is 7.80. The number of amides is 1. The molecule has 1 unspecified atom stereocenters. The molecule has 3 N–H and O–H groups in total. The van der Waals surface area contributed by atoms with Crippen LogP contribution in [0.1, 0.15) is 27.7 Å². The van der Waals surface area contributed by atoms with Gasteiger partial charge < -0.3 is 15.8 Å². The molecule has 14 heavy (non-hydrogen) atoms. The first kappa shape index (κ1) is 13.3. The van der Waals surface area contributed by atoms with Gasteiger partial charge in [0.25, 0.3) is 0 Å². The molecular formula is C9H18N2O2S. The van der Waals surface area contributed by atoms with Crippen molar-refractivity contribution in [2.24, 2.45) is 5.73 Å². The largest absolute Gasteiger partial charge is 0.392 e. The summed E-state index contributed by atoms with van der Waals surface area (Å²) in [5.41, 5.74) is 5.03. The van der Waals surface area contributed by atoms with Crippen molar-refractivity contribution in [3.05, 3.63) is 0 Å². The zero-order valence-corrected chi connectivity index (χ0v) is 9.90. The Balaban J connectivity index is 3.83. The van der Waals surface area contributed by atoms with Crippen LogP contribution in [0.3, 0.4) is 0 Å². The molecule has 0 radical (unpaired) electrons. The van der Waals surface area contributed by atoms with Gasteiger partial charge in [0.1, 0.15) is 6.61 Å². The highest BCUT2D eigenvalue weighted by Gasteiger charge is 2.14. The predicted molar refractivity (Wildman–Crippen MR) is 60.1 cm³/mol. The zero-order valence-electron chi connectivity index (χ0n) is 9.09. The number of carbonyl (C=O) groups excluding carboxylic acids is 1. The third-order valence-corrected chi connectivity index (χ3v) is 1.79. The molecule has 4 nitrogen and oxygen atoms in total. The third-order valence-electron chi connectivity index (χ3n) is 1.44. The van der Waals surface area contributed by atoms with Gasteiger partial charge in [-0.15, -0.1) is 0 Å². The molecule has 0 saturated heterocycles. The Kier molecular flexibility index (Phi) is 5.01. The maximum atomic E-state index is 11.3. The molecule has 0 aromatic carbocycles. The van der Waals surface area contributed by atoms with Crippen molar-refractivity contribution < 1.29 is 9.53 Å². The van der Waals surface area contributed by atoms with Gasteiger partial charge in [0, 0.05) is 0 Å². The van der Waals surface area contributed by atoms with Crippen LogP contribution in [0.2, 0.25) is 0 Å². The second kappa shape index (κ2) is 5.26. The summed E-state index contributed by atoms with van der Waals surface area (Å²) < 4.78 is 5.28. The van der Waals surface area contributed by atoms with Gasteiger partial charge in [-0.05, 0) is 27.7 Å². The summed E-state index contributed by atoms with van der Waals surface area (Å²) in [6.45, 7) is 7.42. The number of nitrogens with two attached hydrogens (primary N) is 1. The molecule has 0 aliphatic rings. The lowest BCUT2D eigenvalue weighted by Gasteiger charge is -2.20. The number of rotatable bonds is 4. The number of hydrogen-bond acceptors (Lipinski definition) is 3. The average Bonchev–Trinajstić information content (AvgIpc) is 1.99. The summed E-state index contributed by atoms with van der Waals surface area (Å²) in [6, 6.07) is -0.291. The Hall–Kier alpha value is -0.680. The van der Waals surface area contributed by atoms with Gasteiger partial charge in [0.05, 0.1) is 16.6 Å². The molecule has 0 aliphatic heterocycles. The molecule has 5 heteroatoms. The summed E-state index contributed by atoms with van der Waals surface area (Å²) in [5.74, 6) is -0.208. The smallest absolute Gasteiger partial charge is 0.246 e. The van der Waals surface area contributed by atoms with Crippen LogP contribution in [-0.4, -0.2) is 29.1 Å². The Morgan fingerprint density at radius 1 is 1.57 bits per heavy atom. The van der Waals surface area contributed by atoms with Gasteiger partial charge in [-0.25, -0.2) is 0 Å². The molecule has 0 bridgehead atoms. The van der Waals surface area contributed by atoms with E-state index in [2.05, 4.69) is 5.32 Å². The maximum Gasteiger partial charge on any atom is 0.246 e. The van der Waals surface area contributed by atoms with Crippen molar-refractivity contribution in [1.29, 1.82) is 0 Å². The van der Waals surface area contributed by atoms with Crippen molar-refractivity contribution in [2.75, 3.05) is 6.61 Å². The van der Waals surface area contributed by atoms with E-state index in [1.54, 1.807) is 6.92 Å². The molecule has 1 amide bonds. The number of nitrogens with one attached hydrogen (secondary N) is 1. The molecule has 1 atom stereocenters. The van der Waals surface area contributed by atoms with E-state index in [-0.39, 0.29) is 29.1 Å². The van der Waals surface area contributed by atoms with Crippen molar-refractivity contribution >= 4 is 23.1 Å². The Morgan fingerprint density at radius 2 is 2.07 bits per heavy atom.